The number of carbonyl (C=O) groups is 1. The molecular weight excluding hydrogens is 254 g/mol. The molecule has 1 N–H and O–H groups in total. The molecule has 5 saturated carbocycles. The summed E-state index contributed by atoms with van der Waals surface area (Å²) in [4.78, 5) is 12.2. The van der Waals surface area contributed by atoms with E-state index in [9.17, 15) is 4.79 Å². The first-order valence-electron chi connectivity index (χ1n) is 8.10. The van der Waals surface area contributed by atoms with Gasteiger partial charge in [-0.3, -0.25) is 4.79 Å². The van der Waals surface area contributed by atoms with E-state index in [4.69, 9.17) is 0 Å². The van der Waals surface area contributed by atoms with Gasteiger partial charge in [0.05, 0.1) is 5.25 Å². The molecule has 0 radical (unpaired) electrons. The van der Waals surface area contributed by atoms with Gasteiger partial charge >= 0.3 is 0 Å². The van der Waals surface area contributed by atoms with Gasteiger partial charge in [0.15, 0.2) is 0 Å². The van der Waals surface area contributed by atoms with Crippen molar-refractivity contribution in [2.75, 3.05) is 0 Å². The molecule has 2 nitrogen and oxygen atoms in total. The van der Waals surface area contributed by atoms with Crippen LogP contribution in [0.5, 0.6) is 0 Å². The van der Waals surface area contributed by atoms with Gasteiger partial charge in [0.25, 0.3) is 0 Å². The van der Waals surface area contributed by atoms with Crippen molar-refractivity contribution in [1.29, 1.82) is 0 Å². The summed E-state index contributed by atoms with van der Waals surface area (Å²) in [6, 6.07) is 0.506. The summed E-state index contributed by atoms with van der Waals surface area (Å²) in [5, 5.41) is 3.33. The summed E-state index contributed by atoms with van der Waals surface area (Å²) in [6.07, 6.45) is 11.0. The predicted molar refractivity (Wildman–Crippen MR) is 79.1 cm³/mol. The zero-order valence-corrected chi connectivity index (χ0v) is 12.7. The van der Waals surface area contributed by atoms with Gasteiger partial charge in [-0.2, -0.15) is 0 Å². The van der Waals surface area contributed by atoms with Crippen LogP contribution in [0.3, 0.4) is 0 Å². The number of hydrogen-bond acceptors (Lipinski definition) is 2. The fourth-order valence-electron chi connectivity index (χ4n) is 5.15. The van der Waals surface area contributed by atoms with Crippen molar-refractivity contribution in [1.82, 2.24) is 5.32 Å². The number of carbonyl (C=O) groups excluding carboxylic acids is 1. The lowest BCUT2D eigenvalue weighted by molar-refractivity contribution is -0.120. The number of rotatable bonds is 4. The molecule has 0 unspecified atom stereocenters. The molecule has 5 fully saturated rings. The van der Waals surface area contributed by atoms with Crippen LogP contribution in [0.1, 0.15) is 58.3 Å². The highest BCUT2D eigenvalue weighted by Crippen LogP contribution is 2.61. The molecule has 4 bridgehead atoms. The lowest BCUT2D eigenvalue weighted by Crippen LogP contribution is -2.50. The van der Waals surface area contributed by atoms with Crippen molar-refractivity contribution in [2.24, 2.45) is 17.8 Å². The summed E-state index contributed by atoms with van der Waals surface area (Å²) >= 11 is 2.02. The quantitative estimate of drug-likeness (QED) is 0.855. The highest BCUT2D eigenvalue weighted by molar-refractivity contribution is 8.01. The van der Waals surface area contributed by atoms with E-state index >= 15 is 0 Å². The monoisotopic (exact) mass is 279 g/mol. The maximum Gasteiger partial charge on any atom is 0.233 e. The minimum Gasteiger partial charge on any atom is -0.352 e. The van der Waals surface area contributed by atoms with Crippen LogP contribution in [0.4, 0.5) is 0 Å². The maximum atomic E-state index is 12.2. The molecule has 1 atom stereocenters. The molecule has 5 aliphatic carbocycles. The summed E-state index contributed by atoms with van der Waals surface area (Å²) in [7, 11) is 0. The Morgan fingerprint density at radius 2 is 1.63 bits per heavy atom. The lowest BCUT2D eigenvalue weighted by Gasteiger charge is -2.57. The van der Waals surface area contributed by atoms with Crippen molar-refractivity contribution >= 4 is 17.7 Å². The smallest absolute Gasteiger partial charge is 0.233 e. The lowest BCUT2D eigenvalue weighted by atomic mass is 9.56. The number of nitrogens with one attached hydrogen (secondary N) is 1. The van der Waals surface area contributed by atoms with Gasteiger partial charge in [-0.1, -0.05) is 0 Å². The topological polar surface area (TPSA) is 29.1 Å². The number of thioether (sulfide) groups is 1. The molecule has 0 aromatic rings. The molecule has 0 spiro atoms. The first kappa shape index (κ1) is 12.6. The zero-order valence-electron chi connectivity index (χ0n) is 11.9. The molecule has 0 aliphatic heterocycles. The van der Waals surface area contributed by atoms with E-state index in [1.807, 2.05) is 11.8 Å². The van der Waals surface area contributed by atoms with E-state index in [2.05, 4.69) is 12.2 Å². The van der Waals surface area contributed by atoms with Crippen LogP contribution < -0.4 is 5.32 Å². The molecule has 0 aromatic carbocycles. The average Bonchev–Trinajstić information content (AvgIpc) is 3.10. The molecule has 0 aromatic heterocycles. The standard InChI is InChI=1S/C16H25NOS/c1-10(15(18)17-14-2-3-14)19-16-7-11-4-12(8-16)6-13(5-11)9-16/h10-14H,2-9H2,1H3,(H,17,18)/t10-,11?,12?,13?,16?/m0/s1. The van der Waals surface area contributed by atoms with Crippen LogP contribution in [0.25, 0.3) is 0 Å². The first-order chi connectivity index (χ1) is 9.12. The summed E-state index contributed by atoms with van der Waals surface area (Å²) in [6.45, 7) is 2.13. The Kier molecular flexibility index (Phi) is 2.91. The highest BCUT2D eigenvalue weighted by atomic mass is 32.2. The van der Waals surface area contributed by atoms with Crippen molar-refractivity contribution in [2.45, 2.75) is 74.3 Å². The van der Waals surface area contributed by atoms with Gasteiger partial charge in [-0.25, -0.2) is 0 Å². The van der Waals surface area contributed by atoms with Gasteiger partial charge < -0.3 is 5.32 Å². The van der Waals surface area contributed by atoms with Gasteiger partial charge in [0.1, 0.15) is 0 Å². The SMILES string of the molecule is C[C@H](SC12CC3CC(CC(C3)C1)C2)C(=O)NC1CC1. The summed E-state index contributed by atoms with van der Waals surface area (Å²) < 4.78 is 0.467. The molecule has 5 aliphatic rings. The largest absolute Gasteiger partial charge is 0.352 e. The van der Waals surface area contributed by atoms with Crippen molar-refractivity contribution in [3.05, 3.63) is 0 Å². The number of hydrogen-bond donors (Lipinski definition) is 1. The predicted octanol–water partition coefficient (Wildman–Crippen LogP) is 3.36. The number of amides is 1. The van der Waals surface area contributed by atoms with E-state index < -0.39 is 0 Å². The van der Waals surface area contributed by atoms with Gasteiger partial charge in [0.2, 0.25) is 5.91 Å². The van der Waals surface area contributed by atoms with E-state index in [-0.39, 0.29) is 5.25 Å². The molecular formula is C16H25NOS. The fourth-order valence-corrected chi connectivity index (χ4v) is 7.07. The summed E-state index contributed by atoms with van der Waals surface area (Å²) in [5.74, 6) is 3.25. The van der Waals surface area contributed by atoms with Gasteiger partial charge in [-0.15, -0.1) is 11.8 Å². The Balaban J connectivity index is 1.42. The normalized spacial score (nSPS) is 45.2. The third-order valence-corrected chi connectivity index (χ3v) is 7.27. The molecule has 3 heteroatoms. The Morgan fingerprint density at radius 1 is 1.11 bits per heavy atom. The van der Waals surface area contributed by atoms with Crippen LogP contribution in [0, 0.1) is 17.8 Å². The Morgan fingerprint density at radius 3 is 2.11 bits per heavy atom. The van der Waals surface area contributed by atoms with E-state index in [0.717, 1.165) is 17.8 Å². The van der Waals surface area contributed by atoms with E-state index in [1.54, 1.807) is 0 Å². The second kappa shape index (κ2) is 4.41. The second-order valence-electron chi connectivity index (χ2n) is 7.64. The van der Waals surface area contributed by atoms with Crippen LogP contribution in [0.2, 0.25) is 0 Å². The van der Waals surface area contributed by atoms with Crippen molar-refractivity contribution < 1.29 is 4.79 Å². The average molecular weight is 279 g/mol. The van der Waals surface area contributed by atoms with Crippen LogP contribution in [-0.4, -0.2) is 21.9 Å². The minimum atomic E-state index is 0.150. The molecule has 1 amide bonds. The third-order valence-electron chi connectivity index (χ3n) is 5.70. The van der Waals surface area contributed by atoms with Crippen LogP contribution in [0.15, 0.2) is 0 Å². The first-order valence-corrected chi connectivity index (χ1v) is 8.98. The Hall–Kier alpha value is -0.180. The van der Waals surface area contributed by atoms with E-state index in [0.29, 0.717) is 16.7 Å². The van der Waals surface area contributed by atoms with Crippen molar-refractivity contribution in [3.63, 3.8) is 0 Å². The van der Waals surface area contributed by atoms with Crippen molar-refractivity contribution in [3.8, 4) is 0 Å². The Bertz CT molecular complexity index is 355. The summed E-state index contributed by atoms with van der Waals surface area (Å²) in [5.41, 5.74) is 0. The molecule has 5 rings (SSSR count). The van der Waals surface area contributed by atoms with E-state index in [1.165, 1.54) is 51.4 Å². The molecule has 19 heavy (non-hydrogen) atoms. The van der Waals surface area contributed by atoms with Gasteiger partial charge in [-0.05, 0) is 76.0 Å². The third kappa shape index (κ3) is 2.43. The van der Waals surface area contributed by atoms with Gasteiger partial charge in [0, 0.05) is 10.8 Å². The highest BCUT2D eigenvalue weighted by Gasteiger charge is 2.52. The second-order valence-corrected chi connectivity index (χ2v) is 9.45. The molecule has 0 saturated heterocycles. The zero-order chi connectivity index (χ0) is 13.0. The fraction of sp³-hybridized carbons (Fsp3) is 0.938. The maximum absolute atomic E-state index is 12.2. The molecule has 106 valence electrons. The van der Waals surface area contributed by atoms with Crippen LogP contribution in [-0.2, 0) is 4.79 Å². The Labute approximate surface area is 120 Å². The minimum absolute atomic E-state index is 0.150. The molecule has 0 heterocycles. The van der Waals surface area contributed by atoms with Crippen LogP contribution >= 0.6 is 11.8 Å².